The number of hydrogen-bond acceptors (Lipinski definition) is 3. The summed E-state index contributed by atoms with van der Waals surface area (Å²) in [4.78, 5) is 1.35. The van der Waals surface area contributed by atoms with Crippen LogP contribution in [0.1, 0.15) is 16.5 Å². The van der Waals surface area contributed by atoms with Crippen LogP contribution in [-0.4, -0.2) is 14.2 Å². The number of thiophene rings is 1. The predicted octanol–water partition coefficient (Wildman–Crippen LogP) is 4.02. The van der Waals surface area contributed by atoms with Gasteiger partial charge in [-0.25, -0.2) is 0 Å². The van der Waals surface area contributed by atoms with Crippen LogP contribution in [0, 0.1) is 0 Å². The second kappa shape index (κ2) is 6.36. The van der Waals surface area contributed by atoms with E-state index in [0.29, 0.717) is 6.04 Å². The number of nitrogens with one attached hydrogen (secondary N) is 1. The molecule has 0 aliphatic rings. The van der Waals surface area contributed by atoms with Crippen LogP contribution >= 0.6 is 27.3 Å². The monoisotopic (exact) mass is 325 g/mol. The molecule has 0 fully saturated rings. The number of methoxy groups -OCH3 is 1. The lowest BCUT2D eigenvalue weighted by Gasteiger charge is -2.14. The molecule has 0 aliphatic carbocycles. The normalized spacial score (nSPS) is 12.4. The summed E-state index contributed by atoms with van der Waals surface area (Å²) in [6.07, 6.45) is 0.980. The molecule has 96 valence electrons. The van der Waals surface area contributed by atoms with Crippen LogP contribution < -0.4 is 10.1 Å². The number of halogens is 1. The first kappa shape index (κ1) is 13.6. The van der Waals surface area contributed by atoms with E-state index >= 15 is 0 Å². The fraction of sp³-hybridized carbons (Fsp3) is 0.286. The SMILES string of the molecule is CNC(Cc1ccc(OC)cc1)c1ccc(Br)s1. The Hall–Kier alpha value is -0.840. The van der Waals surface area contributed by atoms with Crippen LogP contribution in [0.15, 0.2) is 40.2 Å². The molecule has 2 rings (SSSR count). The summed E-state index contributed by atoms with van der Waals surface area (Å²) in [6.45, 7) is 0. The molecule has 0 amide bonds. The number of rotatable bonds is 5. The third kappa shape index (κ3) is 3.34. The zero-order valence-corrected chi connectivity index (χ0v) is 12.8. The van der Waals surface area contributed by atoms with Crippen molar-refractivity contribution in [3.8, 4) is 5.75 Å². The molecule has 1 aromatic carbocycles. The molecule has 0 aliphatic heterocycles. The van der Waals surface area contributed by atoms with Gasteiger partial charge >= 0.3 is 0 Å². The van der Waals surface area contributed by atoms with Crippen molar-refractivity contribution in [1.29, 1.82) is 0 Å². The maximum absolute atomic E-state index is 5.17. The van der Waals surface area contributed by atoms with Gasteiger partial charge in [0.05, 0.1) is 10.9 Å². The summed E-state index contributed by atoms with van der Waals surface area (Å²) in [5.41, 5.74) is 1.31. The Morgan fingerprint density at radius 1 is 1.22 bits per heavy atom. The molecule has 0 saturated carbocycles. The van der Waals surface area contributed by atoms with Crippen molar-refractivity contribution >= 4 is 27.3 Å². The van der Waals surface area contributed by atoms with Crippen molar-refractivity contribution < 1.29 is 4.74 Å². The molecular weight excluding hydrogens is 310 g/mol. The summed E-state index contributed by atoms with van der Waals surface area (Å²) in [6, 6.07) is 12.9. The van der Waals surface area contributed by atoms with Crippen molar-refractivity contribution in [2.75, 3.05) is 14.2 Å². The second-order valence-corrected chi connectivity index (χ2v) is 6.53. The largest absolute Gasteiger partial charge is 0.497 e. The lowest BCUT2D eigenvalue weighted by molar-refractivity contribution is 0.414. The van der Waals surface area contributed by atoms with Gasteiger partial charge < -0.3 is 10.1 Å². The van der Waals surface area contributed by atoms with E-state index in [0.717, 1.165) is 12.2 Å². The smallest absolute Gasteiger partial charge is 0.118 e. The van der Waals surface area contributed by atoms with Crippen LogP contribution in [0.25, 0.3) is 0 Å². The summed E-state index contributed by atoms with van der Waals surface area (Å²) >= 11 is 5.28. The van der Waals surface area contributed by atoms with Gasteiger partial charge in [-0.1, -0.05) is 12.1 Å². The standard InChI is InChI=1S/C14H16BrNOS/c1-16-12(13-7-8-14(15)18-13)9-10-3-5-11(17-2)6-4-10/h3-8,12,16H,9H2,1-2H3. The third-order valence-electron chi connectivity index (χ3n) is 2.88. The third-order valence-corrected chi connectivity index (χ3v) is 4.62. The van der Waals surface area contributed by atoms with Gasteiger partial charge in [0, 0.05) is 10.9 Å². The number of benzene rings is 1. The van der Waals surface area contributed by atoms with Gasteiger partial charge in [-0.05, 0) is 59.2 Å². The first-order chi connectivity index (χ1) is 8.72. The highest BCUT2D eigenvalue weighted by molar-refractivity contribution is 9.11. The van der Waals surface area contributed by atoms with E-state index in [1.807, 2.05) is 19.2 Å². The van der Waals surface area contributed by atoms with E-state index in [1.54, 1.807) is 18.4 Å². The van der Waals surface area contributed by atoms with E-state index in [-0.39, 0.29) is 0 Å². The molecule has 0 radical (unpaired) electrons. The fourth-order valence-corrected chi connectivity index (χ4v) is 3.39. The van der Waals surface area contributed by atoms with Crippen molar-refractivity contribution in [2.24, 2.45) is 0 Å². The Labute approximate surface area is 120 Å². The Kier molecular flexibility index (Phi) is 4.80. The Morgan fingerprint density at radius 2 is 1.94 bits per heavy atom. The van der Waals surface area contributed by atoms with E-state index in [2.05, 4.69) is 45.5 Å². The molecule has 0 saturated heterocycles. The fourth-order valence-electron chi connectivity index (χ4n) is 1.86. The quantitative estimate of drug-likeness (QED) is 0.896. The molecule has 1 heterocycles. The van der Waals surface area contributed by atoms with Gasteiger partial charge in [-0.3, -0.25) is 0 Å². The first-order valence-electron chi connectivity index (χ1n) is 5.78. The minimum Gasteiger partial charge on any atom is -0.497 e. The molecule has 2 aromatic rings. The highest BCUT2D eigenvalue weighted by atomic mass is 79.9. The molecule has 1 atom stereocenters. The van der Waals surface area contributed by atoms with E-state index in [9.17, 15) is 0 Å². The molecule has 0 bridgehead atoms. The predicted molar refractivity (Wildman–Crippen MR) is 80.5 cm³/mol. The zero-order valence-electron chi connectivity index (χ0n) is 10.4. The molecule has 1 N–H and O–H groups in total. The minimum absolute atomic E-state index is 0.356. The van der Waals surface area contributed by atoms with Gasteiger partial charge in [-0.15, -0.1) is 11.3 Å². The maximum atomic E-state index is 5.17. The molecule has 1 aromatic heterocycles. The highest BCUT2D eigenvalue weighted by Gasteiger charge is 2.12. The Bertz CT molecular complexity index is 495. The van der Waals surface area contributed by atoms with Gasteiger partial charge in [0.25, 0.3) is 0 Å². The first-order valence-corrected chi connectivity index (χ1v) is 7.39. The average Bonchev–Trinajstić information content (AvgIpc) is 2.83. The highest BCUT2D eigenvalue weighted by Crippen LogP contribution is 2.29. The van der Waals surface area contributed by atoms with Gasteiger partial charge in [0.15, 0.2) is 0 Å². The van der Waals surface area contributed by atoms with Gasteiger partial charge in [-0.2, -0.15) is 0 Å². The van der Waals surface area contributed by atoms with Gasteiger partial charge in [0.2, 0.25) is 0 Å². The van der Waals surface area contributed by atoms with Crippen LogP contribution in [-0.2, 0) is 6.42 Å². The molecule has 1 unspecified atom stereocenters. The van der Waals surface area contributed by atoms with Crippen LogP contribution in [0.5, 0.6) is 5.75 Å². The summed E-state index contributed by atoms with van der Waals surface area (Å²) in [5.74, 6) is 0.902. The van der Waals surface area contributed by atoms with Crippen molar-refractivity contribution in [3.05, 3.63) is 50.6 Å². The number of likely N-dealkylation sites (N-methyl/N-ethyl adjacent to an activating group) is 1. The molecule has 4 heteroatoms. The van der Waals surface area contributed by atoms with Crippen LogP contribution in [0.2, 0.25) is 0 Å². The lowest BCUT2D eigenvalue weighted by atomic mass is 10.0. The van der Waals surface area contributed by atoms with E-state index in [1.165, 1.54) is 14.2 Å². The van der Waals surface area contributed by atoms with Crippen LogP contribution in [0.4, 0.5) is 0 Å². The van der Waals surface area contributed by atoms with E-state index < -0.39 is 0 Å². The molecular formula is C14H16BrNOS. The Morgan fingerprint density at radius 3 is 2.44 bits per heavy atom. The van der Waals surface area contributed by atoms with Crippen molar-refractivity contribution in [1.82, 2.24) is 5.32 Å². The van der Waals surface area contributed by atoms with Crippen molar-refractivity contribution in [3.63, 3.8) is 0 Å². The minimum atomic E-state index is 0.356. The van der Waals surface area contributed by atoms with Gasteiger partial charge in [0.1, 0.15) is 5.75 Å². The Balaban J connectivity index is 2.10. The van der Waals surface area contributed by atoms with E-state index in [4.69, 9.17) is 4.74 Å². The zero-order chi connectivity index (χ0) is 13.0. The molecule has 2 nitrogen and oxygen atoms in total. The summed E-state index contributed by atoms with van der Waals surface area (Å²) in [5, 5.41) is 3.37. The maximum Gasteiger partial charge on any atom is 0.118 e. The summed E-state index contributed by atoms with van der Waals surface area (Å²) in [7, 11) is 3.69. The molecule has 18 heavy (non-hydrogen) atoms. The molecule has 0 spiro atoms. The summed E-state index contributed by atoms with van der Waals surface area (Å²) < 4.78 is 6.34. The van der Waals surface area contributed by atoms with Crippen LogP contribution in [0.3, 0.4) is 0 Å². The topological polar surface area (TPSA) is 21.3 Å². The average molecular weight is 326 g/mol. The van der Waals surface area contributed by atoms with Crippen molar-refractivity contribution in [2.45, 2.75) is 12.5 Å². The number of hydrogen-bond donors (Lipinski definition) is 1. The lowest BCUT2D eigenvalue weighted by Crippen LogP contribution is -2.17. The second-order valence-electron chi connectivity index (χ2n) is 4.04. The number of ether oxygens (including phenoxy) is 1.